The summed E-state index contributed by atoms with van der Waals surface area (Å²) in [4.78, 5) is 16.7. The van der Waals surface area contributed by atoms with E-state index in [1.807, 2.05) is 30.3 Å². The Bertz CT molecular complexity index is 1010. The minimum absolute atomic E-state index is 0.160. The molecule has 0 radical (unpaired) electrons. The lowest BCUT2D eigenvalue weighted by Gasteiger charge is -2.11. The summed E-state index contributed by atoms with van der Waals surface area (Å²) >= 11 is 0. The molecule has 0 amide bonds. The largest absolute Gasteiger partial charge is 0.346 e. The Balaban J connectivity index is 1.55. The number of pyridine rings is 1. The van der Waals surface area contributed by atoms with Crippen molar-refractivity contribution in [3.63, 3.8) is 0 Å². The van der Waals surface area contributed by atoms with Crippen LogP contribution in [0.5, 0.6) is 0 Å². The molecule has 5 nitrogen and oxygen atoms in total. The van der Waals surface area contributed by atoms with Crippen LogP contribution in [0.3, 0.4) is 0 Å². The fourth-order valence-corrected chi connectivity index (χ4v) is 3.47. The molecule has 6 heteroatoms. The Kier molecular flexibility index (Phi) is 4.24. The molecule has 2 aromatic heterocycles. The molecular formula is C20H19FN4O. The zero-order chi connectivity index (χ0) is 18.1. The van der Waals surface area contributed by atoms with E-state index in [9.17, 15) is 9.18 Å². The van der Waals surface area contributed by atoms with E-state index in [0.717, 1.165) is 23.4 Å². The highest BCUT2D eigenvalue weighted by Crippen LogP contribution is 2.29. The number of halogens is 1. The molecule has 0 fully saturated rings. The van der Waals surface area contributed by atoms with Gasteiger partial charge in [0.15, 0.2) is 0 Å². The predicted octanol–water partition coefficient (Wildman–Crippen LogP) is 3.22. The second kappa shape index (κ2) is 6.71. The molecule has 0 aliphatic carbocycles. The van der Waals surface area contributed by atoms with Crippen molar-refractivity contribution in [2.24, 2.45) is 0 Å². The highest BCUT2D eigenvalue weighted by molar-refractivity contribution is 5.62. The summed E-state index contributed by atoms with van der Waals surface area (Å²) in [7, 11) is 0. The van der Waals surface area contributed by atoms with Crippen LogP contribution in [-0.4, -0.2) is 19.3 Å². The van der Waals surface area contributed by atoms with Gasteiger partial charge in [0, 0.05) is 12.6 Å². The molecule has 1 aromatic carbocycles. The van der Waals surface area contributed by atoms with Crippen molar-refractivity contribution in [1.29, 1.82) is 0 Å². The number of benzene rings is 1. The van der Waals surface area contributed by atoms with Crippen molar-refractivity contribution in [3.8, 4) is 0 Å². The molecule has 0 N–H and O–H groups in total. The fraction of sp³-hybridized carbons (Fsp3) is 0.250. The Hall–Kier alpha value is -3.02. The summed E-state index contributed by atoms with van der Waals surface area (Å²) in [5, 5.41) is 4.47. The van der Waals surface area contributed by atoms with Crippen molar-refractivity contribution < 1.29 is 4.39 Å². The van der Waals surface area contributed by atoms with Crippen molar-refractivity contribution in [2.75, 3.05) is 0 Å². The first kappa shape index (κ1) is 16.4. The summed E-state index contributed by atoms with van der Waals surface area (Å²) in [6.07, 6.45) is 4.86. The van der Waals surface area contributed by atoms with Crippen LogP contribution in [0.1, 0.15) is 35.8 Å². The van der Waals surface area contributed by atoms with Gasteiger partial charge in [-0.1, -0.05) is 36.9 Å². The molecule has 4 rings (SSSR count). The summed E-state index contributed by atoms with van der Waals surface area (Å²) < 4.78 is 16.6. The molecule has 0 saturated carbocycles. The summed E-state index contributed by atoms with van der Waals surface area (Å²) in [6, 6.07) is 11.1. The minimum Gasteiger partial charge on any atom is -0.271 e. The van der Waals surface area contributed by atoms with Crippen LogP contribution in [0.4, 0.5) is 4.39 Å². The highest BCUT2D eigenvalue weighted by Gasteiger charge is 2.29. The number of allylic oxidation sites excluding steroid dienone is 1. The standard InChI is InChI=1S/C20H19FN4O/c1-14(15-5-3-2-4-6-15)9-10-24-20(26)25-18(7-8-19(25)23-24)16-11-17(21)13-22-12-16/h2-6,11-13,18H,1,7-10H2. The van der Waals surface area contributed by atoms with Crippen LogP contribution in [0, 0.1) is 5.82 Å². The second-order valence-corrected chi connectivity index (χ2v) is 6.50. The van der Waals surface area contributed by atoms with Crippen LogP contribution >= 0.6 is 0 Å². The van der Waals surface area contributed by atoms with Crippen molar-refractivity contribution >= 4 is 5.57 Å². The maximum atomic E-state index is 13.5. The Morgan fingerprint density at radius 1 is 1.27 bits per heavy atom. The number of fused-ring (bicyclic) bond motifs is 1. The predicted molar refractivity (Wildman–Crippen MR) is 97.2 cm³/mol. The van der Waals surface area contributed by atoms with E-state index in [1.165, 1.54) is 16.9 Å². The highest BCUT2D eigenvalue weighted by atomic mass is 19.1. The van der Waals surface area contributed by atoms with Crippen molar-refractivity contribution in [3.05, 3.63) is 88.6 Å². The number of hydrogen-bond donors (Lipinski definition) is 0. The first-order valence-electron chi connectivity index (χ1n) is 8.65. The van der Waals surface area contributed by atoms with Gasteiger partial charge in [-0.15, -0.1) is 0 Å². The van der Waals surface area contributed by atoms with Crippen molar-refractivity contribution in [1.82, 2.24) is 19.3 Å². The molecule has 0 spiro atoms. The molecule has 1 aliphatic heterocycles. The average molecular weight is 350 g/mol. The lowest BCUT2D eigenvalue weighted by atomic mass is 10.1. The maximum Gasteiger partial charge on any atom is 0.346 e. The smallest absolute Gasteiger partial charge is 0.271 e. The number of aryl methyl sites for hydroxylation is 2. The quantitative estimate of drug-likeness (QED) is 0.710. The Morgan fingerprint density at radius 3 is 2.85 bits per heavy atom. The van der Waals surface area contributed by atoms with Crippen molar-refractivity contribution in [2.45, 2.75) is 31.8 Å². The molecule has 1 unspecified atom stereocenters. The number of aromatic nitrogens is 4. The fourth-order valence-electron chi connectivity index (χ4n) is 3.47. The second-order valence-electron chi connectivity index (χ2n) is 6.50. The maximum absolute atomic E-state index is 13.5. The van der Waals surface area contributed by atoms with Crippen LogP contribution < -0.4 is 5.69 Å². The zero-order valence-corrected chi connectivity index (χ0v) is 14.3. The Labute approximate surface area is 150 Å². The van der Waals surface area contributed by atoms with Gasteiger partial charge in [-0.25, -0.2) is 13.9 Å². The molecule has 0 bridgehead atoms. The molecule has 132 valence electrons. The normalized spacial score (nSPS) is 15.8. The SMILES string of the molecule is C=C(CCn1nc2n(c1=O)C(c1cncc(F)c1)CC2)c1ccccc1. The van der Waals surface area contributed by atoms with E-state index in [-0.39, 0.29) is 11.7 Å². The van der Waals surface area contributed by atoms with Gasteiger partial charge >= 0.3 is 5.69 Å². The Morgan fingerprint density at radius 2 is 2.08 bits per heavy atom. The first-order valence-corrected chi connectivity index (χ1v) is 8.65. The third-order valence-corrected chi connectivity index (χ3v) is 4.81. The van der Waals surface area contributed by atoms with Crippen LogP contribution in [0.25, 0.3) is 5.57 Å². The third-order valence-electron chi connectivity index (χ3n) is 4.81. The monoisotopic (exact) mass is 350 g/mol. The average Bonchev–Trinajstić information content (AvgIpc) is 3.21. The van der Waals surface area contributed by atoms with Crippen LogP contribution in [0.15, 0.2) is 60.2 Å². The van der Waals surface area contributed by atoms with Gasteiger partial charge < -0.3 is 0 Å². The summed E-state index contributed by atoms with van der Waals surface area (Å²) in [6.45, 7) is 4.58. The molecule has 3 heterocycles. The number of rotatable bonds is 5. The molecule has 3 aromatic rings. The van der Waals surface area contributed by atoms with E-state index in [0.29, 0.717) is 24.9 Å². The van der Waals surface area contributed by atoms with E-state index in [1.54, 1.807) is 10.8 Å². The lowest BCUT2D eigenvalue weighted by molar-refractivity contribution is 0.535. The van der Waals surface area contributed by atoms with Gasteiger partial charge in [0.1, 0.15) is 11.6 Å². The molecule has 0 saturated heterocycles. The molecule has 1 atom stereocenters. The van der Waals surface area contributed by atoms with Gasteiger partial charge in [0.25, 0.3) is 0 Å². The summed E-state index contributed by atoms with van der Waals surface area (Å²) in [5.41, 5.74) is 2.58. The molecule has 1 aliphatic rings. The first-order chi connectivity index (χ1) is 12.6. The lowest BCUT2D eigenvalue weighted by Crippen LogP contribution is -2.27. The van der Waals surface area contributed by atoms with E-state index >= 15 is 0 Å². The minimum atomic E-state index is -0.393. The van der Waals surface area contributed by atoms with E-state index < -0.39 is 5.82 Å². The van der Waals surface area contributed by atoms with Crippen LogP contribution in [-0.2, 0) is 13.0 Å². The topological polar surface area (TPSA) is 52.7 Å². The number of nitrogens with zero attached hydrogens (tertiary/aromatic N) is 4. The third kappa shape index (κ3) is 2.98. The van der Waals surface area contributed by atoms with Crippen LogP contribution in [0.2, 0.25) is 0 Å². The van der Waals surface area contributed by atoms with Gasteiger partial charge in [-0.05, 0) is 35.6 Å². The van der Waals surface area contributed by atoms with Gasteiger partial charge in [-0.2, -0.15) is 5.10 Å². The van der Waals surface area contributed by atoms with E-state index in [2.05, 4.69) is 16.7 Å². The van der Waals surface area contributed by atoms with Gasteiger partial charge in [0.05, 0.1) is 18.8 Å². The molecular weight excluding hydrogens is 331 g/mol. The van der Waals surface area contributed by atoms with Gasteiger partial charge in [-0.3, -0.25) is 9.55 Å². The van der Waals surface area contributed by atoms with Gasteiger partial charge in [0.2, 0.25) is 0 Å². The zero-order valence-electron chi connectivity index (χ0n) is 14.3. The summed E-state index contributed by atoms with van der Waals surface area (Å²) in [5.74, 6) is 0.352. The molecule has 26 heavy (non-hydrogen) atoms. The van der Waals surface area contributed by atoms with E-state index in [4.69, 9.17) is 0 Å². The number of hydrogen-bond acceptors (Lipinski definition) is 3.